The van der Waals surface area contributed by atoms with Crippen molar-refractivity contribution in [2.45, 2.75) is 66.2 Å². The van der Waals surface area contributed by atoms with Gasteiger partial charge in [-0.15, -0.1) is 0 Å². The molecule has 0 unspecified atom stereocenters. The number of carbonyl (C=O) groups excluding carboxylic acids is 2. The highest BCUT2D eigenvalue weighted by molar-refractivity contribution is 6.23. The van der Waals surface area contributed by atoms with Gasteiger partial charge in [0.1, 0.15) is 5.69 Å². The van der Waals surface area contributed by atoms with Gasteiger partial charge >= 0.3 is 5.97 Å². The van der Waals surface area contributed by atoms with Gasteiger partial charge in [0.25, 0.3) is 5.69 Å². The number of nitro benzene ring substituents is 1. The van der Waals surface area contributed by atoms with Gasteiger partial charge in [0.2, 0.25) is 11.8 Å². The first-order chi connectivity index (χ1) is 17.9. The Kier molecular flexibility index (Phi) is 5.31. The van der Waals surface area contributed by atoms with Gasteiger partial charge in [-0.05, 0) is 74.2 Å². The lowest BCUT2D eigenvalue weighted by Crippen LogP contribution is -2.65. The van der Waals surface area contributed by atoms with E-state index in [1.165, 1.54) is 17.7 Å². The molecule has 0 aromatic heterocycles. The fourth-order valence-electron chi connectivity index (χ4n) is 10.0. The van der Waals surface area contributed by atoms with Crippen LogP contribution in [-0.4, -0.2) is 27.8 Å². The number of hydrogen-bond donors (Lipinski definition) is 1. The number of fused-ring (bicyclic) bond motifs is 1. The minimum atomic E-state index is -0.804. The molecule has 6 aliphatic rings. The van der Waals surface area contributed by atoms with Crippen LogP contribution in [0.15, 0.2) is 35.9 Å². The molecule has 38 heavy (non-hydrogen) atoms. The zero-order chi connectivity index (χ0) is 27.4. The van der Waals surface area contributed by atoms with Crippen molar-refractivity contribution in [2.75, 3.05) is 4.90 Å². The van der Waals surface area contributed by atoms with Crippen LogP contribution in [0.3, 0.4) is 0 Å². The Bertz CT molecular complexity index is 1300. The first-order valence-corrected chi connectivity index (χ1v) is 14.0. The van der Waals surface area contributed by atoms with E-state index in [0.29, 0.717) is 19.3 Å². The van der Waals surface area contributed by atoms with E-state index in [0.717, 1.165) is 24.2 Å². The molecule has 8 heteroatoms. The Labute approximate surface area is 222 Å². The summed E-state index contributed by atoms with van der Waals surface area (Å²) in [6, 6.07) is 6.00. The van der Waals surface area contributed by atoms with Gasteiger partial charge < -0.3 is 5.11 Å². The van der Waals surface area contributed by atoms with Crippen molar-refractivity contribution in [1.82, 2.24) is 0 Å². The number of rotatable bonds is 4. The summed E-state index contributed by atoms with van der Waals surface area (Å²) in [7, 11) is 0. The van der Waals surface area contributed by atoms with Crippen molar-refractivity contribution in [1.29, 1.82) is 0 Å². The second-order valence-corrected chi connectivity index (χ2v) is 13.2. The molecule has 8 atom stereocenters. The number of allylic oxidation sites excluding steroid dienone is 2. The molecule has 7 rings (SSSR count). The van der Waals surface area contributed by atoms with E-state index >= 15 is 0 Å². The molecule has 1 spiro atoms. The predicted octanol–water partition coefficient (Wildman–Crippen LogP) is 5.61. The Balaban J connectivity index is 1.50. The lowest BCUT2D eigenvalue weighted by atomic mass is 9.34. The number of hydrogen-bond acceptors (Lipinski definition) is 5. The number of imide groups is 1. The largest absolute Gasteiger partial charge is 0.481 e. The van der Waals surface area contributed by atoms with Gasteiger partial charge in [0.05, 0.1) is 22.2 Å². The highest BCUT2D eigenvalue weighted by atomic mass is 16.6. The number of anilines is 1. The summed E-state index contributed by atoms with van der Waals surface area (Å²) in [4.78, 5) is 53.3. The molecule has 4 fully saturated rings. The third kappa shape index (κ3) is 2.94. The predicted molar refractivity (Wildman–Crippen MR) is 140 cm³/mol. The Morgan fingerprint density at radius 2 is 1.82 bits per heavy atom. The summed E-state index contributed by atoms with van der Waals surface area (Å²) in [6.45, 7) is 8.39. The van der Waals surface area contributed by atoms with Crippen LogP contribution in [0.4, 0.5) is 11.4 Å². The number of nitrogens with zero attached hydrogens (tertiary/aromatic N) is 2. The molecule has 1 aromatic rings. The molecule has 202 valence electrons. The van der Waals surface area contributed by atoms with Crippen molar-refractivity contribution in [3.8, 4) is 0 Å². The molecule has 0 radical (unpaired) electrons. The van der Waals surface area contributed by atoms with Crippen LogP contribution < -0.4 is 4.90 Å². The van der Waals surface area contributed by atoms with Crippen molar-refractivity contribution >= 4 is 29.2 Å². The van der Waals surface area contributed by atoms with Gasteiger partial charge in [-0.2, -0.15) is 0 Å². The van der Waals surface area contributed by atoms with Crippen LogP contribution in [-0.2, 0) is 14.4 Å². The molecule has 3 saturated carbocycles. The van der Waals surface area contributed by atoms with E-state index in [9.17, 15) is 29.6 Å². The quantitative estimate of drug-likeness (QED) is 0.239. The Hall–Kier alpha value is -3.03. The van der Waals surface area contributed by atoms with Gasteiger partial charge in [-0.25, -0.2) is 4.90 Å². The fourth-order valence-corrected chi connectivity index (χ4v) is 10.0. The van der Waals surface area contributed by atoms with Crippen molar-refractivity contribution in [3.63, 3.8) is 0 Å². The SMILES string of the molecule is CC(C)C1=C[C@]23CC[C@H]4[C@](C)(CCC[C@@]4(C)C(=O)O)[C@@H]2C[C@@H]1[C@H]1C(=O)N(c2ccccc2[N+](=O)[O-])C(=O)[C@@H]13. The highest BCUT2D eigenvalue weighted by Crippen LogP contribution is 2.74. The fraction of sp³-hybridized carbons (Fsp3) is 0.633. The molecule has 2 amide bonds. The number of benzene rings is 1. The molecule has 2 bridgehead atoms. The van der Waals surface area contributed by atoms with Crippen molar-refractivity contribution in [3.05, 3.63) is 46.0 Å². The Morgan fingerprint density at radius 1 is 1.11 bits per heavy atom. The Morgan fingerprint density at radius 3 is 2.47 bits per heavy atom. The van der Waals surface area contributed by atoms with Gasteiger partial charge in [-0.1, -0.05) is 51.0 Å². The summed E-state index contributed by atoms with van der Waals surface area (Å²) in [6.07, 6.45) is 6.84. The van der Waals surface area contributed by atoms with Crippen LogP contribution >= 0.6 is 0 Å². The van der Waals surface area contributed by atoms with Gasteiger partial charge in [0, 0.05) is 11.5 Å². The van der Waals surface area contributed by atoms with Crippen LogP contribution in [0.25, 0.3) is 0 Å². The van der Waals surface area contributed by atoms with E-state index in [-0.39, 0.29) is 52.3 Å². The average Bonchev–Trinajstić information content (AvgIpc) is 3.15. The van der Waals surface area contributed by atoms with E-state index in [4.69, 9.17) is 0 Å². The lowest BCUT2D eigenvalue weighted by molar-refractivity contribution is -0.384. The molecule has 1 N–H and O–H groups in total. The number of amides is 2. The topological polar surface area (TPSA) is 118 Å². The monoisotopic (exact) mass is 520 g/mol. The summed E-state index contributed by atoms with van der Waals surface area (Å²) >= 11 is 0. The van der Waals surface area contributed by atoms with Gasteiger partial charge in [0.15, 0.2) is 0 Å². The number of para-hydroxylation sites is 2. The average molecular weight is 521 g/mol. The first kappa shape index (κ1) is 25.3. The minimum absolute atomic E-state index is 0.00379. The number of nitro groups is 1. The normalized spacial score (nSPS) is 41.4. The molecule has 1 aromatic carbocycles. The molecular weight excluding hydrogens is 484 g/mol. The molecule has 1 aliphatic heterocycles. The number of carboxylic acids is 1. The lowest BCUT2D eigenvalue weighted by Gasteiger charge is -2.68. The zero-order valence-corrected chi connectivity index (χ0v) is 22.5. The summed E-state index contributed by atoms with van der Waals surface area (Å²) < 4.78 is 0. The van der Waals surface area contributed by atoms with Crippen LogP contribution in [0.1, 0.15) is 66.2 Å². The van der Waals surface area contributed by atoms with Crippen LogP contribution in [0.5, 0.6) is 0 Å². The second kappa shape index (κ2) is 7.99. The summed E-state index contributed by atoms with van der Waals surface area (Å²) in [5, 5.41) is 22.1. The van der Waals surface area contributed by atoms with E-state index in [1.807, 2.05) is 6.92 Å². The maximum atomic E-state index is 14.3. The summed E-state index contributed by atoms with van der Waals surface area (Å²) in [5.41, 5.74) is -0.593. The third-order valence-corrected chi connectivity index (χ3v) is 11.5. The van der Waals surface area contributed by atoms with Gasteiger partial charge in [-0.3, -0.25) is 24.5 Å². The van der Waals surface area contributed by atoms with E-state index in [2.05, 4.69) is 26.8 Å². The van der Waals surface area contributed by atoms with E-state index < -0.39 is 33.6 Å². The molecule has 1 saturated heterocycles. The third-order valence-electron chi connectivity index (χ3n) is 11.5. The molecule has 8 nitrogen and oxygen atoms in total. The first-order valence-electron chi connectivity index (χ1n) is 14.0. The van der Waals surface area contributed by atoms with Crippen LogP contribution in [0, 0.1) is 61.9 Å². The molecule has 1 heterocycles. The second-order valence-electron chi connectivity index (χ2n) is 13.2. The highest BCUT2D eigenvalue weighted by Gasteiger charge is 2.73. The zero-order valence-electron chi connectivity index (χ0n) is 22.5. The number of aliphatic carboxylic acids is 1. The summed E-state index contributed by atoms with van der Waals surface area (Å²) in [5.74, 6) is -2.32. The standard InChI is InChI=1S/C30H36N2O6/c1-16(2)18-15-30-13-10-21-28(3,11-7-12-29(21,4)27(35)36)22(30)14-17(18)23-24(30)26(34)31(25(23)33)19-8-5-6-9-20(19)32(37)38/h5-6,8-9,15-17,21-24H,7,10-14H2,1-4H3,(H,35,36)/t17-,21-,22-,23+,24+,28-,29+,30+/m0/s1. The smallest absolute Gasteiger partial charge is 0.309 e. The maximum absolute atomic E-state index is 14.3. The van der Waals surface area contributed by atoms with Crippen molar-refractivity contribution in [2.24, 2.45) is 51.8 Å². The van der Waals surface area contributed by atoms with Crippen molar-refractivity contribution < 1.29 is 24.4 Å². The molecular formula is C30H36N2O6. The van der Waals surface area contributed by atoms with Crippen LogP contribution in [0.2, 0.25) is 0 Å². The van der Waals surface area contributed by atoms with E-state index in [1.54, 1.807) is 12.1 Å². The number of carboxylic acid groups (broad SMARTS) is 1. The minimum Gasteiger partial charge on any atom is -0.481 e. The molecule has 5 aliphatic carbocycles. The maximum Gasteiger partial charge on any atom is 0.309 e. The number of carbonyl (C=O) groups is 3.